The largest absolute Gasteiger partial charge is 0.381 e. The van der Waals surface area contributed by atoms with Gasteiger partial charge in [-0.3, -0.25) is 14.9 Å². The molecule has 0 saturated carbocycles. The summed E-state index contributed by atoms with van der Waals surface area (Å²) in [6, 6.07) is 16.1. The van der Waals surface area contributed by atoms with Gasteiger partial charge < -0.3 is 5.11 Å². The highest BCUT2D eigenvalue weighted by atomic mass is 16.3. The molecule has 2 bridgehead atoms. The van der Waals surface area contributed by atoms with E-state index in [0.717, 1.165) is 48.3 Å². The van der Waals surface area contributed by atoms with E-state index >= 15 is 0 Å². The van der Waals surface area contributed by atoms with E-state index in [1.54, 1.807) is 6.20 Å². The Labute approximate surface area is 177 Å². The lowest BCUT2D eigenvalue weighted by atomic mass is 9.67. The van der Waals surface area contributed by atoms with Gasteiger partial charge >= 0.3 is 0 Å². The molecule has 0 spiro atoms. The number of pyridine rings is 2. The minimum Gasteiger partial charge on any atom is -0.381 e. The molecule has 0 aliphatic carbocycles. The second-order valence-electron chi connectivity index (χ2n) is 8.34. The highest BCUT2D eigenvalue weighted by molar-refractivity contribution is 5.63. The van der Waals surface area contributed by atoms with Crippen LogP contribution in [0.15, 0.2) is 67.1 Å². The van der Waals surface area contributed by atoms with Gasteiger partial charge in [0.2, 0.25) is 0 Å². The van der Waals surface area contributed by atoms with E-state index in [-0.39, 0.29) is 12.0 Å². The van der Waals surface area contributed by atoms with E-state index in [4.69, 9.17) is 11.4 Å². The monoisotopic (exact) mass is 395 g/mol. The van der Waals surface area contributed by atoms with Gasteiger partial charge in [-0.05, 0) is 61.5 Å². The van der Waals surface area contributed by atoms with Crippen LogP contribution in [0.5, 0.6) is 0 Å². The van der Waals surface area contributed by atoms with Crippen molar-refractivity contribution in [3.05, 3.63) is 83.9 Å². The van der Waals surface area contributed by atoms with Crippen LogP contribution in [0.1, 0.15) is 29.7 Å². The van der Waals surface area contributed by atoms with Crippen LogP contribution in [0.2, 0.25) is 0 Å². The van der Waals surface area contributed by atoms with Crippen molar-refractivity contribution >= 4 is 0 Å². The van der Waals surface area contributed by atoms with E-state index < -0.39 is 5.60 Å². The van der Waals surface area contributed by atoms with E-state index in [9.17, 15) is 5.11 Å². The van der Waals surface area contributed by atoms with Gasteiger partial charge in [-0.15, -0.1) is 6.42 Å². The van der Waals surface area contributed by atoms with Gasteiger partial charge in [0.25, 0.3) is 0 Å². The van der Waals surface area contributed by atoms with Gasteiger partial charge in [0.15, 0.2) is 0 Å². The van der Waals surface area contributed by atoms with Gasteiger partial charge in [0, 0.05) is 29.7 Å². The number of aliphatic hydroxyl groups is 1. The first-order chi connectivity index (χ1) is 14.7. The Morgan fingerprint density at radius 1 is 1.07 bits per heavy atom. The van der Waals surface area contributed by atoms with E-state index in [1.165, 1.54) is 5.56 Å². The number of aromatic nitrogens is 2. The molecule has 5 heterocycles. The summed E-state index contributed by atoms with van der Waals surface area (Å²) in [6.45, 7) is 1.90. The van der Waals surface area contributed by atoms with Crippen LogP contribution in [0.3, 0.4) is 0 Å². The second-order valence-corrected chi connectivity index (χ2v) is 8.34. The van der Waals surface area contributed by atoms with Crippen LogP contribution in [-0.4, -0.2) is 39.1 Å². The van der Waals surface area contributed by atoms with Crippen molar-refractivity contribution in [1.82, 2.24) is 14.9 Å². The van der Waals surface area contributed by atoms with Gasteiger partial charge in [-0.1, -0.05) is 42.3 Å². The first kappa shape index (κ1) is 19.0. The first-order valence-electron chi connectivity index (χ1n) is 10.6. The molecule has 3 fully saturated rings. The zero-order valence-electron chi connectivity index (χ0n) is 16.9. The predicted molar refractivity (Wildman–Crippen MR) is 118 cm³/mol. The summed E-state index contributed by atoms with van der Waals surface area (Å²) in [5.41, 5.74) is 3.84. The fourth-order valence-electron chi connectivity index (χ4n) is 5.17. The third-order valence-electron chi connectivity index (χ3n) is 6.67. The highest BCUT2D eigenvalue weighted by Gasteiger charge is 2.55. The number of hydrogen-bond donors (Lipinski definition) is 1. The SMILES string of the molecule is C#CC1N2CCC(CC2)C1(O)c1ncc(-c2cccnc2)cc1Cc1ccccc1. The van der Waals surface area contributed by atoms with Crippen molar-refractivity contribution in [3.8, 4) is 23.5 Å². The molecule has 3 aromatic rings. The van der Waals surface area contributed by atoms with Crippen LogP contribution in [0.4, 0.5) is 0 Å². The Morgan fingerprint density at radius 3 is 2.57 bits per heavy atom. The van der Waals surface area contributed by atoms with Crippen molar-refractivity contribution in [3.63, 3.8) is 0 Å². The Hall–Kier alpha value is -3.00. The third kappa shape index (κ3) is 3.11. The van der Waals surface area contributed by atoms with Gasteiger partial charge in [-0.2, -0.15) is 0 Å². The van der Waals surface area contributed by atoms with Crippen molar-refractivity contribution in [1.29, 1.82) is 0 Å². The molecule has 2 aromatic heterocycles. The Bertz CT molecular complexity index is 1070. The third-order valence-corrected chi connectivity index (χ3v) is 6.67. The molecule has 4 nitrogen and oxygen atoms in total. The molecule has 2 atom stereocenters. The van der Waals surface area contributed by atoms with Gasteiger partial charge in [-0.25, -0.2) is 0 Å². The van der Waals surface area contributed by atoms with Crippen molar-refractivity contribution in [2.45, 2.75) is 30.9 Å². The molecule has 3 aliphatic heterocycles. The summed E-state index contributed by atoms with van der Waals surface area (Å²) >= 11 is 0. The molecule has 150 valence electrons. The number of nitrogens with zero attached hydrogens (tertiary/aromatic N) is 3. The lowest BCUT2D eigenvalue weighted by Crippen LogP contribution is -2.64. The second kappa shape index (κ2) is 7.68. The number of hydrogen-bond acceptors (Lipinski definition) is 4. The summed E-state index contributed by atoms with van der Waals surface area (Å²) < 4.78 is 0. The number of fused-ring (bicyclic) bond motifs is 3. The molecular weight excluding hydrogens is 370 g/mol. The van der Waals surface area contributed by atoms with Crippen molar-refractivity contribution < 1.29 is 5.11 Å². The molecule has 30 heavy (non-hydrogen) atoms. The maximum absolute atomic E-state index is 12.1. The molecule has 6 rings (SSSR count). The minimum atomic E-state index is -1.12. The standard InChI is InChI=1S/C26H25N3O/c1-2-24-26(30,23-10-13-29(24)14-11-23)25-21(15-19-7-4-3-5-8-19)16-22(18-28-25)20-9-6-12-27-17-20/h1,3-9,12,16-18,23-24,30H,10-11,13-15H2. The normalized spacial score (nSPS) is 27.5. The molecule has 0 amide bonds. The van der Waals surface area contributed by atoms with E-state index in [2.05, 4.69) is 34.0 Å². The molecule has 1 aromatic carbocycles. The zero-order chi connectivity index (χ0) is 20.6. The highest BCUT2D eigenvalue weighted by Crippen LogP contribution is 2.47. The summed E-state index contributed by atoms with van der Waals surface area (Å²) in [7, 11) is 0. The summed E-state index contributed by atoms with van der Waals surface area (Å²) in [4.78, 5) is 11.3. The van der Waals surface area contributed by atoms with E-state index in [0.29, 0.717) is 6.42 Å². The predicted octanol–water partition coefficient (Wildman–Crippen LogP) is 3.65. The topological polar surface area (TPSA) is 49.2 Å². The Morgan fingerprint density at radius 2 is 1.87 bits per heavy atom. The minimum absolute atomic E-state index is 0.134. The Balaban J connectivity index is 1.65. The van der Waals surface area contributed by atoms with Gasteiger partial charge in [0.05, 0.1) is 5.69 Å². The lowest BCUT2D eigenvalue weighted by Gasteiger charge is -2.54. The molecule has 0 radical (unpaired) electrons. The summed E-state index contributed by atoms with van der Waals surface area (Å²) in [5.74, 6) is 3.02. The maximum atomic E-state index is 12.1. The fraction of sp³-hybridized carbons (Fsp3) is 0.308. The molecule has 1 N–H and O–H groups in total. The number of terminal acetylenes is 1. The molecule has 2 unspecified atom stereocenters. The number of rotatable bonds is 4. The van der Waals surface area contributed by atoms with Crippen LogP contribution in [0, 0.1) is 18.3 Å². The maximum Gasteiger partial charge on any atom is 0.136 e. The number of piperidine rings is 3. The quantitative estimate of drug-likeness (QED) is 0.685. The van der Waals surface area contributed by atoms with Crippen LogP contribution >= 0.6 is 0 Å². The average Bonchev–Trinajstić information content (AvgIpc) is 2.81. The van der Waals surface area contributed by atoms with Crippen LogP contribution < -0.4 is 0 Å². The van der Waals surface area contributed by atoms with Gasteiger partial charge in [0.1, 0.15) is 11.6 Å². The van der Waals surface area contributed by atoms with Crippen molar-refractivity contribution in [2.24, 2.45) is 5.92 Å². The molecule has 3 saturated heterocycles. The molecule has 3 aliphatic rings. The first-order valence-corrected chi connectivity index (χ1v) is 10.6. The van der Waals surface area contributed by atoms with Crippen molar-refractivity contribution in [2.75, 3.05) is 13.1 Å². The molecule has 4 heteroatoms. The average molecular weight is 396 g/mol. The van der Waals surface area contributed by atoms with E-state index in [1.807, 2.05) is 42.7 Å². The van der Waals surface area contributed by atoms with Crippen LogP contribution in [-0.2, 0) is 12.0 Å². The summed E-state index contributed by atoms with van der Waals surface area (Å²) in [6.07, 6.45) is 14.0. The smallest absolute Gasteiger partial charge is 0.136 e. The summed E-state index contributed by atoms with van der Waals surface area (Å²) in [5, 5.41) is 12.1. The Kier molecular flexibility index (Phi) is 4.86. The number of benzene rings is 1. The lowest BCUT2D eigenvalue weighted by molar-refractivity contribution is -0.145. The van der Waals surface area contributed by atoms with Crippen LogP contribution in [0.25, 0.3) is 11.1 Å². The molecular formula is C26H25N3O. The zero-order valence-corrected chi connectivity index (χ0v) is 16.9. The fourth-order valence-corrected chi connectivity index (χ4v) is 5.17.